The molecule has 0 N–H and O–H groups in total. The zero-order valence-corrected chi connectivity index (χ0v) is 7.73. The van der Waals surface area contributed by atoms with Crippen LogP contribution >= 0.6 is 0 Å². The van der Waals surface area contributed by atoms with Crippen LogP contribution in [-0.4, -0.2) is 15.0 Å². The van der Waals surface area contributed by atoms with Gasteiger partial charge in [-0.15, -0.1) is 0 Å². The molecule has 13 heavy (non-hydrogen) atoms. The Bertz CT molecular complexity index is 154. The van der Waals surface area contributed by atoms with E-state index in [1.54, 1.807) is 0 Å². The standard InChI is InChI=1S/C6H6.CH4O2S.3FH/c1-2-4-6-5-3-1;1-4(2)3;;;/h1-6H;1H3,(H,2,3);3*1H/p-1. The average Bonchev–Trinajstić information content (AvgIpc) is 1.90. The van der Waals surface area contributed by atoms with Crippen LogP contribution < -0.4 is 0 Å². The molecule has 0 heterocycles. The summed E-state index contributed by atoms with van der Waals surface area (Å²) < 4.78 is 18.0. The molecule has 0 aliphatic carbocycles. The Kier molecular flexibility index (Phi) is 30.2. The Morgan fingerprint density at radius 1 is 0.846 bits per heavy atom. The molecule has 0 fully saturated rings. The van der Waals surface area contributed by atoms with E-state index in [2.05, 4.69) is 0 Å². The van der Waals surface area contributed by atoms with Crippen molar-refractivity contribution in [1.82, 2.24) is 0 Å². The van der Waals surface area contributed by atoms with Gasteiger partial charge in [-0.1, -0.05) is 47.5 Å². The first kappa shape index (κ1) is 22.7. The van der Waals surface area contributed by atoms with Gasteiger partial charge in [-0.3, -0.25) is 18.3 Å². The molecule has 1 aromatic carbocycles. The maximum Gasteiger partial charge on any atom is -0.00142 e. The second kappa shape index (κ2) is 17.3. The molecule has 0 aromatic heterocycles. The van der Waals surface area contributed by atoms with Crippen molar-refractivity contribution in [2.45, 2.75) is 0 Å². The maximum absolute atomic E-state index is 9.00. The average molecular weight is 217 g/mol. The van der Waals surface area contributed by atoms with Crippen LogP contribution in [0.3, 0.4) is 0 Å². The predicted octanol–water partition coefficient (Wildman–Crippen LogP) is 1.64. The number of halogens is 3. The molecule has 0 aliphatic heterocycles. The van der Waals surface area contributed by atoms with E-state index < -0.39 is 11.1 Å². The molecule has 2 nitrogen and oxygen atoms in total. The Balaban J connectivity index is -0.0000000536. The van der Waals surface area contributed by atoms with Crippen molar-refractivity contribution >= 4 is 11.1 Å². The fraction of sp³-hybridized carbons (Fsp3) is 0.143. The van der Waals surface area contributed by atoms with Gasteiger partial charge in [0, 0.05) is 0 Å². The molecule has 0 saturated carbocycles. The molecule has 1 rings (SSSR count). The van der Waals surface area contributed by atoms with E-state index in [9.17, 15) is 0 Å². The van der Waals surface area contributed by atoms with Crippen molar-refractivity contribution in [2.75, 3.05) is 6.26 Å². The third-order valence-corrected chi connectivity index (χ3v) is 0.667. The van der Waals surface area contributed by atoms with E-state index in [0.717, 1.165) is 6.26 Å². The van der Waals surface area contributed by atoms with E-state index in [1.165, 1.54) is 0 Å². The van der Waals surface area contributed by atoms with Crippen LogP contribution in [0.1, 0.15) is 0 Å². The summed E-state index contributed by atoms with van der Waals surface area (Å²) in [5.74, 6) is 0. The molecule has 6 heteroatoms. The summed E-state index contributed by atoms with van der Waals surface area (Å²) in [4.78, 5) is 0. The molecular formula is C7H12F3O2S-. The summed E-state index contributed by atoms with van der Waals surface area (Å²) in [5.41, 5.74) is 0. The molecule has 0 spiro atoms. The molecule has 0 saturated heterocycles. The molecule has 1 unspecified atom stereocenters. The molecule has 0 amide bonds. The zero-order chi connectivity index (χ0) is 7.82. The Morgan fingerprint density at radius 2 is 0.923 bits per heavy atom. The molecule has 0 aliphatic rings. The summed E-state index contributed by atoms with van der Waals surface area (Å²) in [7, 11) is 0. The molecule has 0 bridgehead atoms. The third-order valence-electron chi connectivity index (χ3n) is 0.667. The highest BCUT2D eigenvalue weighted by Gasteiger charge is 1.57. The summed E-state index contributed by atoms with van der Waals surface area (Å²) >= 11 is -1.86. The van der Waals surface area contributed by atoms with Crippen LogP contribution in [0.2, 0.25) is 0 Å². The summed E-state index contributed by atoms with van der Waals surface area (Å²) in [5, 5.41) is 0. The topological polar surface area (TPSA) is 40.1 Å². The van der Waals surface area contributed by atoms with Gasteiger partial charge in [0.2, 0.25) is 0 Å². The van der Waals surface area contributed by atoms with Gasteiger partial charge in [-0.25, -0.2) is 0 Å². The van der Waals surface area contributed by atoms with Crippen molar-refractivity contribution in [3.05, 3.63) is 36.4 Å². The van der Waals surface area contributed by atoms with Crippen LogP contribution in [0.5, 0.6) is 0 Å². The number of hydrogen-bond acceptors (Lipinski definition) is 2. The largest absolute Gasteiger partial charge is 0.773 e. The lowest BCUT2D eigenvalue weighted by atomic mass is 10.4. The van der Waals surface area contributed by atoms with Crippen molar-refractivity contribution in [1.29, 1.82) is 0 Å². The van der Waals surface area contributed by atoms with Crippen LogP contribution in [0.4, 0.5) is 14.1 Å². The highest BCUT2D eigenvalue weighted by Crippen LogP contribution is 1.79. The first-order valence-electron chi connectivity index (χ1n) is 2.74. The van der Waals surface area contributed by atoms with Gasteiger partial charge >= 0.3 is 0 Å². The van der Waals surface area contributed by atoms with Gasteiger partial charge in [0.05, 0.1) is 0 Å². The smallest absolute Gasteiger partial charge is 0.00142 e. The monoisotopic (exact) mass is 217 g/mol. The second-order valence-electron chi connectivity index (χ2n) is 1.56. The molecular weight excluding hydrogens is 205 g/mol. The number of hydrogen-bond donors (Lipinski definition) is 0. The lowest BCUT2D eigenvalue weighted by Gasteiger charge is -1.85. The Hall–Kier alpha value is -0.880. The van der Waals surface area contributed by atoms with Crippen LogP contribution in [0.15, 0.2) is 36.4 Å². The van der Waals surface area contributed by atoms with E-state index in [4.69, 9.17) is 8.76 Å². The normalized spacial score (nSPS) is 8.46. The van der Waals surface area contributed by atoms with Gasteiger partial charge in [0.15, 0.2) is 0 Å². The summed E-state index contributed by atoms with van der Waals surface area (Å²) in [6, 6.07) is 12.0. The zero-order valence-electron chi connectivity index (χ0n) is 6.91. The molecule has 1 atom stereocenters. The second-order valence-corrected chi connectivity index (χ2v) is 2.36. The minimum Gasteiger partial charge on any atom is -0.773 e. The molecule has 80 valence electrons. The summed E-state index contributed by atoms with van der Waals surface area (Å²) in [6.07, 6.45) is 1.08. The van der Waals surface area contributed by atoms with Crippen molar-refractivity contribution in [3.63, 3.8) is 0 Å². The lowest BCUT2D eigenvalue weighted by molar-refractivity contribution is 0.543. The fourth-order valence-corrected chi connectivity index (χ4v) is 0.385. The fourth-order valence-electron chi connectivity index (χ4n) is 0.385. The SMILES string of the molecule is CS(=O)[O-].F.F.F.c1ccccc1. The quantitative estimate of drug-likeness (QED) is 0.620. The van der Waals surface area contributed by atoms with Gasteiger partial charge < -0.3 is 4.55 Å². The van der Waals surface area contributed by atoms with E-state index >= 15 is 0 Å². The lowest BCUT2D eigenvalue weighted by Crippen LogP contribution is -1.73. The van der Waals surface area contributed by atoms with Crippen molar-refractivity contribution in [3.8, 4) is 0 Å². The van der Waals surface area contributed by atoms with Gasteiger partial charge in [-0.2, -0.15) is 0 Å². The number of rotatable bonds is 0. The Morgan fingerprint density at radius 3 is 1.00 bits per heavy atom. The van der Waals surface area contributed by atoms with Crippen LogP contribution in [0.25, 0.3) is 0 Å². The first-order valence-corrected chi connectivity index (χ1v) is 4.22. The summed E-state index contributed by atoms with van der Waals surface area (Å²) in [6.45, 7) is 0. The molecule has 1 aromatic rings. The number of benzene rings is 1. The minimum atomic E-state index is -1.86. The van der Waals surface area contributed by atoms with Crippen molar-refractivity contribution < 1.29 is 22.9 Å². The first-order chi connectivity index (χ1) is 4.73. The Labute approximate surface area is 77.4 Å². The van der Waals surface area contributed by atoms with Gasteiger partial charge in [0.1, 0.15) is 0 Å². The predicted molar refractivity (Wildman–Crippen MR) is 48.8 cm³/mol. The van der Waals surface area contributed by atoms with E-state index in [-0.39, 0.29) is 14.1 Å². The third kappa shape index (κ3) is 35.3. The van der Waals surface area contributed by atoms with Gasteiger partial charge in [0.25, 0.3) is 0 Å². The van der Waals surface area contributed by atoms with Crippen molar-refractivity contribution in [2.24, 2.45) is 0 Å². The highest BCUT2D eigenvalue weighted by atomic mass is 32.2. The van der Waals surface area contributed by atoms with E-state index in [1.807, 2.05) is 36.4 Å². The maximum atomic E-state index is 9.00. The highest BCUT2D eigenvalue weighted by molar-refractivity contribution is 7.78. The molecule has 0 radical (unpaired) electrons. The van der Waals surface area contributed by atoms with Crippen LogP contribution in [-0.2, 0) is 11.1 Å². The van der Waals surface area contributed by atoms with E-state index in [0.29, 0.717) is 0 Å². The van der Waals surface area contributed by atoms with Crippen LogP contribution in [0, 0.1) is 0 Å². The minimum absolute atomic E-state index is 0. The van der Waals surface area contributed by atoms with Gasteiger partial charge in [-0.05, 0) is 6.26 Å².